The summed E-state index contributed by atoms with van der Waals surface area (Å²) in [4.78, 5) is 0. The number of nitrogens with zero attached hydrogens (tertiary/aromatic N) is 4. The van der Waals surface area contributed by atoms with Crippen LogP contribution in [0.25, 0.3) is 0 Å². The van der Waals surface area contributed by atoms with E-state index in [1.54, 1.807) is 11.8 Å². The largest absolute Gasteiger partial charge is 0.309 e. The van der Waals surface area contributed by atoms with Gasteiger partial charge in [-0.1, -0.05) is 36.7 Å². The SMILES string of the molecule is Cn1c(SCc2ccc(C#N)cc2)nnc1C1CCCC1. The number of nitriles is 1. The van der Waals surface area contributed by atoms with Gasteiger partial charge >= 0.3 is 0 Å². The minimum atomic E-state index is 0.590. The fraction of sp³-hybridized carbons (Fsp3) is 0.438. The van der Waals surface area contributed by atoms with E-state index in [0.29, 0.717) is 11.5 Å². The van der Waals surface area contributed by atoms with Crippen LogP contribution < -0.4 is 0 Å². The third-order valence-corrected chi connectivity index (χ3v) is 5.13. The van der Waals surface area contributed by atoms with Crippen molar-refractivity contribution in [3.8, 4) is 6.07 Å². The van der Waals surface area contributed by atoms with Crippen LogP contribution in [0.15, 0.2) is 29.4 Å². The molecule has 0 saturated heterocycles. The molecule has 0 N–H and O–H groups in total. The summed E-state index contributed by atoms with van der Waals surface area (Å²) >= 11 is 1.70. The van der Waals surface area contributed by atoms with E-state index in [1.165, 1.54) is 31.2 Å². The Morgan fingerprint density at radius 3 is 2.62 bits per heavy atom. The van der Waals surface area contributed by atoms with Crippen molar-refractivity contribution in [2.75, 3.05) is 0 Å². The van der Waals surface area contributed by atoms with E-state index in [1.807, 2.05) is 24.3 Å². The van der Waals surface area contributed by atoms with Gasteiger partial charge in [0.05, 0.1) is 11.6 Å². The molecule has 0 atom stereocenters. The zero-order valence-electron chi connectivity index (χ0n) is 12.1. The Bertz CT molecular complexity index is 648. The molecule has 0 aliphatic heterocycles. The molecule has 21 heavy (non-hydrogen) atoms. The summed E-state index contributed by atoms with van der Waals surface area (Å²) in [6, 6.07) is 9.85. The quantitative estimate of drug-likeness (QED) is 0.809. The first-order valence-electron chi connectivity index (χ1n) is 7.29. The van der Waals surface area contributed by atoms with Gasteiger partial charge in [-0.3, -0.25) is 0 Å². The molecular weight excluding hydrogens is 280 g/mol. The molecule has 0 radical (unpaired) electrons. The molecule has 0 amide bonds. The van der Waals surface area contributed by atoms with Gasteiger partial charge < -0.3 is 4.57 Å². The second kappa shape index (κ2) is 6.31. The maximum atomic E-state index is 8.80. The molecule has 0 bridgehead atoms. The van der Waals surface area contributed by atoms with Crippen molar-refractivity contribution in [2.45, 2.75) is 42.5 Å². The topological polar surface area (TPSA) is 54.5 Å². The van der Waals surface area contributed by atoms with Crippen LogP contribution in [0.3, 0.4) is 0 Å². The predicted molar refractivity (Wildman–Crippen MR) is 82.9 cm³/mol. The van der Waals surface area contributed by atoms with E-state index in [2.05, 4.69) is 27.9 Å². The molecule has 0 spiro atoms. The second-order valence-corrected chi connectivity index (χ2v) is 6.42. The molecule has 1 aliphatic rings. The minimum Gasteiger partial charge on any atom is -0.309 e. The molecule has 1 fully saturated rings. The number of rotatable bonds is 4. The van der Waals surface area contributed by atoms with Gasteiger partial charge in [0.15, 0.2) is 5.16 Å². The highest BCUT2D eigenvalue weighted by atomic mass is 32.2. The monoisotopic (exact) mass is 298 g/mol. The van der Waals surface area contributed by atoms with Gasteiger partial charge in [-0.25, -0.2) is 0 Å². The summed E-state index contributed by atoms with van der Waals surface area (Å²) in [5, 5.41) is 18.5. The molecule has 2 aromatic rings. The average Bonchev–Trinajstić information content (AvgIpc) is 3.15. The molecule has 4 nitrogen and oxygen atoms in total. The summed E-state index contributed by atoms with van der Waals surface area (Å²) < 4.78 is 2.14. The first-order valence-corrected chi connectivity index (χ1v) is 8.27. The standard InChI is InChI=1S/C16H18N4S/c1-20-15(14-4-2-3-5-14)18-19-16(20)21-11-13-8-6-12(10-17)7-9-13/h6-9,14H,2-5,11H2,1H3. The Hall–Kier alpha value is -1.80. The number of benzene rings is 1. The van der Waals surface area contributed by atoms with Gasteiger partial charge in [-0.2, -0.15) is 5.26 Å². The van der Waals surface area contributed by atoms with Crippen molar-refractivity contribution in [1.82, 2.24) is 14.8 Å². The van der Waals surface area contributed by atoms with E-state index in [0.717, 1.165) is 16.7 Å². The maximum absolute atomic E-state index is 8.80. The van der Waals surface area contributed by atoms with Crippen LogP contribution in [0.1, 0.15) is 48.6 Å². The van der Waals surface area contributed by atoms with Crippen LogP contribution in [0, 0.1) is 11.3 Å². The van der Waals surface area contributed by atoms with Crippen LogP contribution in [-0.4, -0.2) is 14.8 Å². The predicted octanol–water partition coefficient (Wildman–Crippen LogP) is 3.64. The van der Waals surface area contributed by atoms with Gasteiger partial charge in [0.25, 0.3) is 0 Å². The van der Waals surface area contributed by atoms with Gasteiger partial charge in [0.1, 0.15) is 5.82 Å². The number of aromatic nitrogens is 3. The number of hydrogen-bond acceptors (Lipinski definition) is 4. The highest BCUT2D eigenvalue weighted by molar-refractivity contribution is 7.98. The average molecular weight is 298 g/mol. The Morgan fingerprint density at radius 1 is 1.24 bits per heavy atom. The highest BCUT2D eigenvalue weighted by Gasteiger charge is 2.23. The van der Waals surface area contributed by atoms with Gasteiger partial charge in [-0.05, 0) is 30.5 Å². The summed E-state index contributed by atoms with van der Waals surface area (Å²) in [7, 11) is 2.06. The van der Waals surface area contributed by atoms with E-state index in [9.17, 15) is 0 Å². The fourth-order valence-corrected chi connectivity index (χ4v) is 3.69. The first-order chi connectivity index (χ1) is 10.3. The molecule has 1 aromatic heterocycles. The van der Waals surface area contributed by atoms with E-state index >= 15 is 0 Å². The lowest BCUT2D eigenvalue weighted by atomic mass is 10.1. The van der Waals surface area contributed by atoms with Crippen molar-refractivity contribution in [3.05, 3.63) is 41.2 Å². The Kier molecular flexibility index (Phi) is 4.26. The van der Waals surface area contributed by atoms with Crippen LogP contribution in [-0.2, 0) is 12.8 Å². The normalized spacial score (nSPS) is 15.2. The Morgan fingerprint density at radius 2 is 1.95 bits per heavy atom. The zero-order chi connectivity index (χ0) is 14.7. The molecule has 0 unspecified atom stereocenters. The summed E-state index contributed by atoms with van der Waals surface area (Å²) in [5.74, 6) is 2.57. The Balaban J connectivity index is 1.66. The first kappa shape index (κ1) is 14.2. The van der Waals surface area contributed by atoms with Crippen LogP contribution in [0.4, 0.5) is 0 Å². The molecule has 1 aromatic carbocycles. The second-order valence-electron chi connectivity index (χ2n) is 5.48. The van der Waals surface area contributed by atoms with Crippen LogP contribution in [0.2, 0.25) is 0 Å². The number of hydrogen-bond donors (Lipinski definition) is 0. The molecule has 5 heteroatoms. The van der Waals surface area contributed by atoms with Crippen molar-refractivity contribution in [1.29, 1.82) is 5.26 Å². The van der Waals surface area contributed by atoms with Crippen LogP contribution in [0.5, 0.6) is 0 Å². The van der Waals surface area contributed by atoms with Gasteiger partial charge in [0.2, 0.25) is 0 Å². The molecule has 3 rings (SSSR count). The maximum Gasteiger partial charge on any atom is 0.191 e. The van der Waals surface area contributed by atoms with E-state index in [-0.39, 0.29) is 0 Å². The smallest absolute Gasteiger partial charge is 0.191 e. The van der Waals surface area contributed by atoms with Gasteiger partial charge in [0, 0.05) is 18.7 Å². The zero-order valence-corrected chi connectivity index (χ0v) is 12.9. The third-order valence-electron chi connectivity index (χ3n) is 4.04. The van der Waals surface area contributed by atoms with E-state index in [4.69, 9.17) is 5.26 Å². The summed E-state index contributed by atoms with van der Waals surface area (Å²) in [6.45, 7) is 0. The van der Waals surface area contributed by atoms with Crippen molar-refractivity contribution >= 4 is 11.8 Å². The lowest BCUT2D eigenvalue weighted by molar-refractivity contribution is 0.616. The molecule has 108 valence electrons. The molecule has 1 aliphatic carbocycles. The van der Waals surface area contributed by atoms with Crippen LogP contribution >= 0.6 is 11.8 Å². The molecule has 1 saturated carbocycles. The minimum absolute atomic E-state index is 0.590. The number of thioether (sulfide) groups is 1. The fourth-order valence-electron chi connectivity index (χ4n) is 2.81. The third kappa shape index (κ3) is 3.11. The van der Waals surface area contributed by atoms with E-state index < -0.39 is 0 Å². The molecular formula is C16H18N4S. The Labute approximate surface area is 129 Å². The van der Waals surface area contributed by atoms with Crippen molar-refractivity contribution in [3.63, 3.8) is 0 Å². The summed E-state index contributed by atoms with van der Waals surface area (Å²) in [5.41, 5.74) is 1.90. The summed E-state index contributed by atoms with van der Waals surface area (Å²) in [6.07, 6.45) is 5.11. The highest BCUT2D eigenvalue weighted by Crippen LogP contribution is 2.34. The van der Waals surface area contributed by atoms with Gasteiger partial charge in [-0.15, -0.1) is 10.2 Å². The molecule has 1 heterocycles. The van der Waals surface area contributed by atoms with Crippen molar-refractivity contribution in [2.24, 2.45) is 7.05 Å². The lowest BCUT2D eigenvalue weighted by Gasteiger charge is -2.08. The van der Waals surface area contributed by atoms with Crippen molar-refractivity contribution < 1.29 is 0 Å². The lowest BCUT2D eigenvalue weighted by Crippen LogP contribution is -2.03.